The molecule has 0 bridgehead atoms. The second kappa shape index (κ2) is 8.27. The summed E-state index contributed by atoms with van der Waals surface area (Å²) in [5.41, 5.74) is 0. The minimum absolute atomic E-state index is 0.153. The second-order valence-electron chi connectivity index (χ2n) is 3.66. The van der Waals surface area contributed by atoms with Crippen LogP contribution < -0.4 is 0 Å². The smallest absolute Gasteiger partial charge is 0.319 e. The topological polar surface area (TPSA) is 26.3 Å². The van der Waals surface area contributed by atoms with E-state index in [1.165, 1.54) is 12.8 Å². The maximum Gasteiger partial charge on any atom is 0.319 e. The van der Waals surface area contributed by atoms with Crippen molar-refractivity contribution in [3.8, 4) is 0 Å². The molecule has 0 heterocycles. The zero-order valence-electron chi connectivity index (χ0n) is 9.38. The van der Waals surface area contributed by atoms with Crippen molar-refractivity contribution in [2.75, 3.05) is 6.61 Å². The molecular formula is C11H21BrO2. The van der Waals surface area contributed by atoms with Gasteiger partial charge in [0.25, 0.3) is 0 Å². The summed E-state index contributed by atoms with van der Waals surface area (Å²) in [4.78, 5) is 11.0. The maximum atomic E-state index is 11.2. The van der Waals surface area contributed by atoms with E-state index < -0.39 is 0 Å². The van der Waals surface area contributed by atoms with Crippen LogP contribution >= 0.6 is 15.9 Å². The lowest BCUT2D eigenvalue weighted by Gasteiger charge is -2.15. The van der Waals surface area contributed by atoms with E-state index in [-0.39, 0.29) is 10.8 Å². The first kappa shape index (κ1) is 13.9. The Morgan fingerprint density at radius 1 is 1.43 bits per heavy atom. The highest BCUT2D eigenvalue weighted by atomic mass is 79.9. The average Bonchev–Trinajstić information content (AvgIpc) is 2.17. The van der Waals surface area contributed by atoms with Crippen molar-refractivity contribution in [3.63, 3.8) is 0 Å². The van der Waals surface area contributed by atoms with E-state index in [9.17, 15) is 4.79 Å². The minimum atomic E-state index is -0.189. The predicted molar refractivity (Wildman–Crippen MR) is 62.7 cm³/mol. The van der Waals surface area contributed by atoms with E-state index in [1.54, 1.807) is 6.92 Å². The van der Waals surface area contributed by atoms with Crippen LogP contribution in [0.5, 0.6) is 0 Å². The number of carbonyl (C=O) groups excluding carboxylic acids is 1. The Kier molecular flexibility index (Phi) is 8.24. The molecule has 2 unspecified atom stereocenters. The third kappa shape index (κ3) is 6.41. The van der Waals surface area contributed by atoms with Gasteiger partial charge in [-0.05, 0) is 19.3 Å². The number of rotatable bonds is 7. The zero-order chi connectivity index (χ0) is 11.0. The van der Waals surface area contributed by atoms with E-state index >= 15 is 0 Å². The summed E-state index contributed by atoms with van der Waals surface area (Å²) in [6, 6.07) is 0. The molecule has 2 nitrogen and oxygen atoms in total. The molecular weight excluding hydrogens is 244 g/mol. The number of carbonyl (C=O) groups is 1. The summed E-state index contributed by atoms with van der Waals surface area (Å²) in [5.74, 6) is 0.380. The Balaban J connectivity index is 3.66. The molecule has 0 aliphatic rings. The molecule has 0 aromatic heterocycles. The highest BCUT2D eigenvalue weighted by Gasteiger charge is 2.13. The molecule has 0 amide bonds. The summed E-state index contributed by atoms with van der Waals surface area (Å²) in [6.07, 6.45) is 4.68. The molecule has 0 radical (unpaired) electrons. The average molecular weight is 265 g/mol. The van der Waals surface area contributed by atoms with Crippen LogP contribution in [0.3, 0.4) is 0 Å². The quantitative estimate of drug-likeness (QED) is 0.520. The van der Waals surface area contributed by atoms with Gasteiger partial charge in [0.2, 0.25) is 0 Å². The normalized spacial score (nSPS) is 14.9. The van der Waals surface area contributed by atoms with E-state index in [2.05, 4.69) is 29.8 Å². The molecule has 0 saturated heterocycles. The minimum Gasteiger partial charge on any atom is -0.465 e. The van der Waals surface area contributed by atoms with Gasteiger partial charge in [-0.15, -0.1) is 0 Å². The van der Waals surface area contributed by atoms with E-state index in [0.717, 1.165) is 12.8 Å². The number of halogens is 1. The van der Waals surface area contributed by atoms with Crippen molar-refractivity contribution in [2.45, 2.75) is 51.3 Å². The highest BCUT2D eigenvalue weighted by Crippen LogP contribution is 2.13. The number of unbranched alkanes of at least 4 members (excludes halogenated alkanes) is 1. The standard InChI is InChI=1S/C11H21BrO2/c1-4-6-7-10(5-2)8-14-11(13)9(3)12/h9-10H,4-8H2,1-3H3. The van der Waals surface area contributed by atoms with Gasteiger partial charge < -0.3 is 4.74 Å². The summed E-state index contributed by atoms with van der Waals surface area (Å²) in [6.45, 7) is 6.69. The van der Waals surface area contributed by atoms with Crippen LogP contribution in [-0.4, -0.2) is 17.4 Å². The first-order chi connectivity index (χ1) is 6.61. The number of hydrogen-bond donors (Lipinski definition) is 0. The molecule has 14 heavy (non-hydrogen) atoms. The number of hydrogen-bond acceptors (Lipinski definition) is 2. The molecule has 0 aliphatic carbocycles. The second-order valence-corrected chi connectivity index (χ2v) is 5.04. The Morgan fingerprint density at radius 3 is 2.50 bits per heavy atom. The van der Waals surface area contributed by atoms with Crippen LogP contribution in [0.1, 0.15) is 46.5 Å². The predicted octanol–water partition coefficient (Wildman–Crippen LogP) is 3.53. The molecule has 84 valence electrons. The van der Waals surface area contributed by atoms with Gasteiger partial charge in [-0.2, -0.15) is 0 Å². The lowest BCUT2D eigenvalue weighted by atomic mass is 10.0. The molecule has 2 atom stereocenters. The van der Waals surface area contributed by atoms with Gasteiger partial charge in [0.05, 0.1) is 6.61 Å². The van der Waals surface area contributed by atoms with E-state index in [1.807, 2.05) is 0 Å². The van der Waals surface area contributed by atoms with Crippen molar-refractivity contribution in [1.82, 2.24) is 0 Å². The zero-order valence-corrected chi connectivity index (χ0v) is 11.0. The Hall–Kier alpha value is -0.0500. The third-order valence-electron chi connectivity index (χ3n) is 2.33. The fourth-order valence-electron chi connectivity index (χ4n) is 1.21. The van der Waals surface area contributed by atoms with Gasteiger partial charge in [0.15, 0.2) is 0 Å². The van der Waals surface area contributed by atoms with Crippen molar-refractivity contribution in [2.24, 2.45) is 5.92 Å². The van der Waals surface area contributed by atoms with Crippen molar-refractivity contribution >= 4 is 21.9 Å². The summed E-state index contributed by atoms with van der Waals surface area (Å²) < 4.78 is 5.17. The number of ether oxygens (including phenoxy) is 1. The molecule has 3 heteroatoms. The monoisotopic (exact) mass is 264 g/mol. The Labute approximate surface area is 95.5 Å². The van der Waals surface area contributed by atoms with Crippen LogP contribution in [0.15, 0.2) is 0 Å². The fraction of sp³-hybridized carbons (Fsp3) is 0.909. The Morgan fingerprint density at radius 2 is 2.07 bits per heavy atom. The molecule has 0 aliphatic heterocycles. The van der Waals surface area contributed by atoms with Gasteiger partial charge in [-0.3, -0.25) is 4.79 Å². The first-order valence-electron chi connectivity index (χ1n) is 5.42. The van der Waals surface area contributed by atoms with Crippen molar-refractivity contribution < 1.29 is 9.53 Å². The molecule has 0 aromatic carbocycles. The van der Waals surface area contributed by atoms with E-state index in [4.69, 9.17) is 4.74 Å². The van der Waals surface area contributed by atoms with E-state index in [0.29, 0.717) is 12.5 Å². The largest absolute Gasteiger partial charge is 0.465 e. The fourth-order valence-corrected chi connectivity index (χ4v) is 1.35. The Bertz CT molecular complexity index is 157. The third-order valence-corrected chi connectivity index (χ3v) is 2.70. The molecule has 0 N–H and O–H groups in total. The molecule has 0 spiro atoms. The van der Waals surface area contributed by atoms with Gasteiger partial charge in [-0.1, -0.05) is 49.0 Å². The van der Waals surface area contributed by atoms with Crippen LogP contribution in [0.4, 0.5) is 0 Å². The maximum absolute atomic E-state index is 11.2. The molecule has 0 fully saturated rings. The summed E-state index contributed by atoms with van der Waals surface area (Å²) in [5, 5.41) is 0. The molecule has 0 saturated carbocycles. The van der Waals surface area contributed by atoms with Crippen molar-refractivity contribution in [3.05, 3.63) is 0 Å². The lowest BCUT2D eigenvalue weighted by Crippen LogP contribution is -2.19. The van der Waals surface area contributed by atoms with Gasteiger partial charge in [-0.25, -0.2) is 0 Å². The SMILES string of the molecule is CCCCC(CC)COC(=O)C(C)Br. The van der Waals surface area contributed by atoms with Gasteiger partial charge in [0.1, 0.15) is 4.83 Å². The number of esters is 1. The lowest BCUT2D eigenvalue weighted by molar-refractivity contribution is -0.143. The molecule has 0 rings (SSSR count). The first-order valence-corrected chi connectivity index (χ1v) is 6.34. The highest BCUT2D eigenvalue weighted by molar-refractivity contribution is 9.10. The summed E-state index contributed by atoms with van der Waals surface area (Å²) in [7, 11) is 0. The number of alkyl halides is 1. The molecule has 0 aromatic rings. The van der Waals surface area contributed by atoms with Gasteiger partial charge >= 0.3 is 5.97 Å². The summed E-state index contributed by atoms with van der Waals surface area (Å²) >= 11 is 3.19. The van der Waals surface area contributed by atoms with Crippen LogP contribution in [0, 0.1) is 5.92 Å². The van der Waals surface area contributed by atoms with Crippen LogP contribution in [0.2, 0.25) is 0 Å². The van der Waals surface area contributed by atoms with Crippen LogP contribution in [-0.2, 0) is 9.53 Å². The van der Waals surface area contributed by atoms with Crippen LogP contribution in [0.25, 0.3) is 0 Å². The van der Waals surface area contributed by atoms with Gasteiger partial charge in [0, 0.05) is 0 Å². The van der Waals surface area contributed by atoms with Crippen molar-refractivity contribution in [1.29, 1.82) is 0 Å².